The smallest absolute Gasteiger partial charge is 0.417 e. The van der Waals surface area contributed by atoms with Crippen LogP contribution in [0.3, 0.4) is 0 Å². The molecule has 22 heavy (non-hydrogen) atoms. The van der Waals surface area contributed by atoms with Gasteiger partial charge in [-0.3, -0.25) is 0 Å². The summed E-state index contributed by atoms with van der Waals surface area (Å²) < 4.78 is 49.8. The summed E-state index contributed by atoms with van der Waals surface area (Å²) in [5, 5.41) is 3.47. The summed E-state index contributed by atoms with van der Waals surface area (Å²) in [6.07, 6.45) is -4.52. The Bertz CT molecular complexity index is 823. The first-order valence-corrected chi connectivity index (χ1v) is 6.39. The van der Waals surface area contributed by atoms with Gasteiger partial charge in [0.1, 0.15) is 5.75 Å². The number of rotatable bonds is 2. The number of hydrogen-bond donors (Lipinski definition) is 0. The van der Waals surface area contributed by atoms with Crippen molar-refractivity contribution in [1.82, 2.24) is 10.1 Å². The Morgan fingerprint density at radius 1 is 1.14 bits per heavy atom. The molecule has 0 radical (unpaired) electrons. The van der Waals surface area contributed by atoms with Gasteiger partial charge < -0.3 is 9.26 Å². The van der Waals surface area contributed by atoms with Crippen LogP contribution in [0.2, 0.25) is 0 Å². The minimum atomic E-state index is -4.52. The second-order valence-corrected chi connectivity index (χ2v) is 4.73. The lowest BCUT2D eigenvalue weighted by Gasteiger charge is -2.10. The zero-order chi connectivity index (χ0) is 15.9. The fourth-order valence-corrected chi connectivity index (χ4v) is 2.23. The number of benzene rings is 1. The quantitative estimate of drug-likeness (QED) is 0.711. The minimum Gasteiger partial charge on any atom is -0.497 e. The lowest BCUT2D eigenvalue weighted by molar-refractivity contribution is -0.136. The van der Waals surface area contributed by atoms with Crippen molar-refractivity contribution in [2.75, 3.05) is 7.11 Å². The maximum absolute atomic E-state index is 13.3. The zero-order valence-electron chi connectivity index (χ0n) is 11.7. The number of halogens is 3. The summed E-state index contributed by atoms with van der Waals surface area (Å²) in [6.45, 7) is 1.45. The second-order valence-electron chi connectivity index (χ2n) is 4.73. The Hall–Kier alpha value is -2.57. The average Bonchev–Trinajstić information content (AvgIpc) is 2.87. The van der Waals surface area contributed by atoms with Crippen LogP contribution in [0, 0.1) is 6.92 Å². The van der Waals surface area contributed by atoms with Crippen molar-refractivity contribution in [2.24, 2.45) is 0 Å². The molecular formula is C15H11F3N2O2. The van der Waals surface area contributed by atoms with E-state index >= 15 is 0 Å². The van der Waals surface area contributed by atoms with E-state index in [2.05, 4.69) is 10.1 Å². The van der Waals surface area contributed by atoms with E-state index in [0.29, 0.717) is 11.3 Å². The van der Waals surface area contributed by atoms with Crippen molar-refractivity contribution in [3.63, 3.8) is 0 Å². The molecule has 0 spiro atoms. The number of alkyl halides is 3. The van der Waals surface area contributed by atoms with Gasteiger partial charge in [-0.25, -0.2) is 4.98 Å². The Kier molecular flexibility index (Phi) is 3.27. The van der Waals surface area contributed by atoms with Gasteiger partial charge in [-0.05, 0) is 37.3 Å². The molecular weight excluding hydrogens is 297 g/mol. The van der Waals surface area contributed by atoms with Gasteiger partial charge in [0.2, 0.25) is 0 Å². The standard InChI is InChI=1S/C15H11F3N2O2/c1-8-13-11(15(16,17)18)7-12(19-14(13)22-20-8)9-3-5-10(21-2)6-4-9/h3-7H,1-2H3. The van der Waals surface area contributed by atoms with Crippen molar-refractivity contribution < 1.29 is 22.4 Å². The number of pyridine rings is 1. The van der Waals surface area contributed by atoms with Crippen LogP contribution in [0.5, 0.6) is 5.75 Å². The summed E-state index contributed by atoms with van der Waals surface area (Å²) in [7, 11) is 1.51. The van der Waals surface area contributed by atoms with Gasteiger partial charge in [0.25, 0.3) is 5.71 Å². The number of hydrogen-bond acceptors (Lipinski definition) is 4. The van der Waals surface area contributed by atoms with E-state index in [9.17, 15) is 13.2 Å². The second kappa shape index (κ2) is 5.01. The lowest BCUT2D eigenvalue weighted by atomic mass is 10.1. The third kappa shape index (κ3) is 2.38. The van der Waals surface area contributed by atoms with E-state index in [0.717, 1.165) is 6.07 Å². The first-order chi connectivity index (χ1) is 10.4. The van der Waals surface area contributed by atoms with Crippen LogP contribution in [0.1, 0.15) is 11.3 Å². The van der Waals surface area contributed by atoms with E-state index < -0.39 is 11.7 Å². The van der Waals surface area contributed by atoms with Gasteiger partial charge in [-0.15, -0.1) is 0 Å². The molecule has 0 bridgehead atoms. The van der Waals surface area contributed by atoms with Crippen molar-refractivity contribution in [1.29, 1.82) is 0 Å². The summed E-state index contributed by atoms with van der Waals surface area (Å²) in [6, 6.07) is 7.58. The number of aromatic nitrogens is 2. The highest BCUT2D eigenvalue weighted by atomic mass is 19.4. The Balaban J connectivity index is 2.22. The molecule has 3 aromatic rings. The molecule has 2 aromatic heterocycles. The number of ether oxygens (including phenoxy) is 1. The molecule has 0 N–H and O–H groups in total. The molecule has 1 aromatic carbocycles. The van der Waals surface area contributed by atoms with E-state index in [1.54, 1.807) is 24.3 Å². The van der Waals surface area contributed by atoms with E-state index in [-0.39, 0.29) is 22.5 Å². The van der Waals surface area contributed by atoms with E-state index in [4.69, 9.17) is 9.26 Å². The lowest BCUT2D eigenvalue weighted by Crippen LogP contribution is -2.07. The number of nitrogens with zero attached hydrogens (tertiary/aromatic N) is 2. The van der Waals surface area contributed by atoms with Crippen molar-refractivity contribution in [3.8, 4) is 17.0 Å². The zero-order valence-corrected chi connectivity index (χ0v) is 11.7. The molecule has 0 amide bonds. The van der Waals surface area contributed by atoms with Crippen molar-refractivity contribution >= 4 is 11.1 Å². The summed E-state index contributed by atoms with van der Waals surface area (Å²) >= 11 is 0. The molecule has 0 aliphatic carbocycles. The molecule has 2 heterocycles. The van der Waals surface area contributed by atoms with Crippen LogP contribution in [-0.2, 0) is 6.18 Å². The molecule has 0 unspecified atom stereocenters. The predicted molar refractivity (Wildman–Crippen MR) is 73.5 cm³/mol. The molecule has 0 fully saturated rings. The molecule has 3 rings (SSSR count). The maximum Gasteiger partial charge on any atom is 0.417 e. The fourth-order valence-electron chi connectivity index (χ4n) is 2.23. The Morgan fingerprint density at radius 2 is 1.82 bits per heavy atom. The van der Waals surface area contributed by atoms with Gasteiger partial charge in [0.15, 0.2) is 0 Å². The molecule has 0 aliphatic heterocycles. The third-order valence-electron chi connectivity index (χ3n) is 3.31. The normalized spacial score (nSPS) is 11.9. The molecule has 7 heteroatoms. The average molecular weight is 308 g/mol. The van der Waals surface area contributed by atoms with Crippen LogP contribution in [0.4, 0.5) is 13.2 Å². The SMILES string of the molecule is COc1ccc(-c2cc(C(F)(F)F)c3c(C)noc3n2)cc1. The van der Waals surface area contributed by atoms with Crippen LogP contribution >= 0.6 is 0 Å². The van der Waals surface area contributed by atoms with Crippen LogP contribution in [0.15, 0.2) is 34.9 Å². The van der Waals surface area contributed by atoms with Gasteiger partial charge in [0.05, 0.1) is 29.4 Å². The number of methoxy groups -OCH3 is 1. The van der Waals surface area contributed by atoms with Crippen molar-refractivity contribution in [2.45, 2.75) is 13.1 Å². The molecule has 4 nitrogen and oxygen atoms in total. The highest BCUT2D eigenvalue weighted by molar-refractivity contribution is 5.83. The van der Waals surface area contributed by atoms with Crippen LogP contribution in [0.25, 0.3) is 22.4 Å². The first-order valence-electron chi connectivity index (χ1n) is 6.39. The highest BCUT2D eigenvalue weighted by Crippen LogP contribution is 2.38. The summed E-state index contributed by atoms with van der Waals surface area (Å²) in [4.78, 5) is 4.13. The maximum atomic E-state index is 13.3. The first kappa shape index (κ1) is 14.4. The number of aryl methyl sites for hydroxylation is 1. The molecule has 0 aliphatic rings. The minimum absolute atomic E-state index is 0.107. The Morgan fingerprint density at radius 3 is 2.41 bits per heavy atom. The summed E-state index contributed by atoms with van der Waals surface area (Å²) in [5.41, 5.74) is -0.0720. The van der Waals surface area contributed by atoms with Gasteiger partial charge in [0, 0.05) is 5.56 Å². The topological polar surface area (TPSA) is 48.2 Å². The number of fused-ring (bicyclic) bond motifs is 1. The fraction of sp³-hybridized carbons (Fsp3) is 0.200. The van der Waals surface area contributed by atoms with Crippen LogP contribution in [-0.4, -0.2) is 17.3 Å². The molecule has 0 atom stereocenters. The summed E-state index contributed by atoms with van der Waals surface area (Å²) in [5.74, 6) is 0.608. The largest absolute Gasteiger partial charge is 0.497 e. The monoisotopic (exact) mass is 308 g/mol. The predicted octanol–water partition coefficient (Wildman–Crippen LogP) is 4.23. The van der Waals surface area contributed by atoms with Crippen molar-refractivity contribution in [3.05, 3.63) is 41.6 Å². The molecule has 114 valence electrons. The van der Waals surface area contributed by atoms with E-state index in [1.807, 2.05) is 0 Å². The molecule has 0 saturated heterocycles. The Labute approximate surface area is 123 Å². The third-order valence-corrected chi connectivity index (χ3v) is 3.31. The van der Waals surface area contributed by atoms with Gasteiger partial charge in [-0.1, -0.05) is 5.16 Å². The van der Waals surface area contributed by atoms with Gasteiger partial charge >= 0.3 is 6.18 Å². The highest BCUT2D eigenvalue weighted by Gasteiger charge is 2.35. The van der Waals surface area contributed by atoms with Crippen LogP contribution < -0.4 is 4.74 Å². The van der Waals surface area contributed by atoms with E-state index in [1.165, 1.54) is 14.0 Å². The molecule has 0 saturated carbocycles. The van der Waals surface area contributed by atoms with Gasteiger partial charge in [-0.2, -0.15) is 13.2 Å².